The van der Waals surface area contributed by atoms with Crippen LogP contribution in [0.5, 0.6) is 5.75 Å². The number of pyridine rings is 2. The first kappa shape index (κ1) is 17.3. The number of hydrogen-bond acceptors (Lipinski definition) is 5. The first-order valence-corrected chi connectivity index (χ1v) is 8.68. The number of fused-ring (bicyclic) bond motifs is 2. The highest BCUT2D eigenvalue weighted by Gasteiger charge is 2.14. The number of imidazole rings is 2. The van der Waals surface area contributed by atoms with E-state index in [1.54, 1.807) is 24.7 Å². The predicted octanol–water partition coefficient (Wildman–Crippen LogP) is 1.76. The number of aromatic amines is 1. The maximum Gasteiger partial charge on any atom is 0.183 e. The zero-order valence-electron chi connectivity index (χ0n) is 14.7. The van der Waals surface area contributed by atoms with Gasteiger partial charge in [0.05, 0.1) is 19.8 Å². The molecule has 1 saturated heterocycles. The smallest absolute Gasteiger partial charge is 0.183 e. The molecule has 0 radical (unpaired) electrons. The van der Waals surface area contributed by atoms with Gasteiger partial charge < -0.3 is 28.0 Å². The molecule has 0 bridgehead atoms. The molecule has 0 aliphatic carbocycles. The summed E-state index contributed by atoms with van der Waals surface area (Å²) < 4.78 is 20.3. The number of ether oxygens (including phenoxy) is 3. The van der Waals surface area contributed by atoms with Crippen LogP contribution in [0, 0.1) is 0 Å². The number of aromatic nitrogens is 4. The summed E-state index contributed by atoms with van der Waals surface area (Å²) in [7, 11) is 0. The van der Waals surface area contributed by atoms with Crippen molar-refractivity contribution >= 4 is 11.3 Å². The lowest BCUT2D eigenvalue weighted by atomic mass is 10.3. The highest BCUT2D eigenvalue weighted by atomic mass is 16.6. The highest BCUT2D eigenvalue weighted by molar-refractivity contribution is 5.44. The second kappa shape index (κ2) is 8.07. The van der Waals surface area contributed by atoms with Crippen molar-refractivity contribution in [3.05, 3.63) is 71.7 Å². The van der Waals surface area contributed by atoms with E-state index >= 15 is 0 Å². The van der Waals surface area contributed by atoms with E-state index in [9.17, 15) is 4.79 Å². The average molecular weight is 368 g/mol. The van der Waals surface area contributed by atoms with Crippen molar-refractivity contribution in [2.24, 2.45) is 0 Å². The lowest BCUT2D eigenvalue weighted by Crippen LogP contribution is -2.33. The molecule has 5 rings (SSSR count). The number of H-pyrrole nitrogens is 1. The molecule has 5 heterocycles. The van der Waals surface area contributed by atoms with E-state index < -0.39 is 0 Å². The summed E-state index contributed by atoms with van der Waals surface area (Å²) in [4.78, 5) is 17.9. The summed E-state index contributed by atoms with van der Waals surface area (Å²) in [5.74, 6) is 0.804. The third-order valence-corrected chi connectivity index (χ3v) is 4.11. The van der Waals surface area contributed by atoms with E-state index in [2.05, 4.69) is 9.97 Å². The number of nitrogens with zero attached hydrogens (tertiary/aromatic N) is 3. The van der Waals surface area contributed by atoms with Crippen LogP contribution in [0.4, 0.5) is 0 Å². The molecule has 1 N–H and O–H groups in total. The molecule has 4 aromatic heterocycles. The van der Waals surface area contributed by atoms with E-state index in [0.29, 0.717) is 26.4 Å². The van der Waals surface area contributed by atoms with Gasteiger partial charge in [-0.2, -0.15) is 0 Å². The highest BCUT2D eigenvalue weighted by Crippen LogP contribution is 2.14. The summed E-state index contributed by atoms with van der Waals surface area (Å²) >= 11 is 0. The second-order valence-corrected chi connectivity index (χ2v) is 6.05. The minimum absolute atomic E-state index is 0.0275. The maximum atomic E-state index is 10.7. The second-order valence-electron chi connectivity index (χ2n) is 6.05. The molecule has 0 unspecified atom stereocenters. The summed E-state index contributed by atoms with van der Waals surface area (Å²) in [6.07, 6.45) is 11.0. The molecule has 4 aromatic rings. The Morgan fingerprint density at radius 2 is 2.07 bits per heavy atom. The van der Waals surface area contributed by atoms with Crippen molar-refractivity contribution in [1.82, 2.24) is 18.8 Å². The van der Waals surface area contributed by atoms with Gasteiger partial charge in [0.2, 0.25) is 0 Å². The fourth-order valence-electron chi connectivity index (χ4n) is 2.74. The maximum absolute atomic E-state index is 10.7. The van der Waals surface area contributed by atoms with Crippen LogP contribution < -0.4 is 10.2 Å². The third-order valence-electron chi connectivity index (χ3n) is 4.11. The van der Waals surface area contributed by atoms with Gasteiger partial charge in [-0.15, -0.1) is 0 Å². The Bertz CT molecular complexity index is 1060. The largest absolute Gasteiger partial charge is 0.491 e. The SMILES string of the molecule is O=c1ccn2cc[nH]c2c1.c1cn2ccc(OC[C@H]3COCCO3)cc2n1. The fraction of sp³-hybridized carbons (Fsp3) is 0.263. The van der Waals surface area contributed by atoms with Crippen LogP contribution in [0.1, 0.15) is 0 Å². The van der Waals surface area contributed by atoms with E-state index in [0.717, 1.165) is 17.0 Å². The molecular formula is C19H20N4O4. The van der Waals surface area contributed by atoms with Crippen molar-refractivity contribution < 1.29 is 14.2 Å². The molecule has 0 amide bonds. The number of hydrogen-bond donors (Lipinski definition) is 1. The van der Waals surface area contributed by atoms with Crippen molar-refractivity contribution in [3.8, 4) is 5.75 Å². The number of nitrogens with one attached hydrogen (secondary N) is 1. The minimum atomic E-state index is 0.0275. The van der Waals surface area contributed by atoms with Gasteiger partial charge >= 0.3 is 0 Å². The Labute approximate surface area is 154 Å². The standard InChI is InChI=1S/C12H14N2O3.C7H6N2O/c1-3-14-4-2-13-12(14)7-10(1)17-9-11-8-15-5-6-16-11;10-6-1-3-9-4-2-8-7(9)5-6/h1-4,7,11H,5-6,8-9H2;1-5,8H/t11-;/m1./s1. The van der Waals surface area contributed by atoms with Gasteiger partial charge in [0.15, 0.2) is 5.43 Å². The minimum Gasteiger partial charge on any atom is -0.491 e. The van der Waals surface area contributed by atoms with Gasteiger partial charge in [-0.05, 0) is 6.07 Å². The topological polar surface area (TPSA) is 82.3 Å². The molecule has 0 spiro atoms. The van der Waals surface area contributed by atoms with Crippen LogP contribution in [0.15, 0.2) is 66.2 Å². The molecule has 27 heavy (non-hydrogen) atoms. The van der Waals surface area contributed by atoms with Gasteiger partial charge in [0.25, 0.3) is 0 Å². The Kier molecular flexibility index (Phi) is 5.17. The quantitative estimate of drug-likeness (QED) is 0.596. The molecular weight excluding hydrogens is 348 g/mol. The third kappa shape index (κ3) is 4.36. The van der Waals surface area contributed by atoms with E-state index in [1.807, 2.05) is 39.5 Å². The molecule has 1 aliphatic rings. The zero-order valence-corrected chi connectivity index (χ0v) is 14.7. The summed E-state index contributed by atoms with van der Waals surface area (Å²) in [5, 5.41) is 0. The lowest BCUT2D eigenvalue weighted by molar-refractivity contribution is -0.101. The van der Waals surface area contributed by atoms with Crippen LogP contribution in [-0.4, -0.2) is 51.3 Å². The Morgan fingerprint density at radius 3 is 2.96 bits per heavy atom. The molecule has 0 aromatic carbocycles. The van der Waals surface area contributed by atoms with E-state index in [4.69, 9.17) is 14.2 Å². The molecule has 8 nitrogen and oxygen atoms in total. The predicted molar refractivity (Wildman–Crippen MR) is 99.3 cm³/mol. The molecule has 8 heteroatoms. The summed E-state index contributed by atoms with van der Waals surface area (Å²) in [5.41, 5.74) is 1.73. The van der Waals surface area contributed by atoms with Crippen LogP contribution in [0.25, 0.3) is 11.3 Å². The van der Waals surface area contributed by atoms with Crippen molar-refractivity contribution in [2.75, 3.05) is 26.4 Å². The average Bonchev–Trinajstić information content (AvgIpc) is 3.36. The Hall–Kier alpha value is -3.10. The van der Waals surface area contributed by atoms with E-state index in [1.165, 1.54) is 6.07 Å². The Morgan fingerprint density at radius 1 is 1.15 bits per heavy atom. The van der Waals surface area contributed by atoms with Gasteiger partial charge in [0, 0.05) is 55.4 Å². The molecule has 140 valence electrons. The first-order chi connectivity index (χ1) is 13.3. The van der Waals surface area contributed by atoms with Gasteiger partial charge in [-0.1, -0.05) is 0 Å². The summed E-state index contributed by atoms with van der Waals surface area (Å²) in [6.45, 7) is 2.44. The lowest BCUT2D eigenvalue weighted by Gasteiger charge is -2.22. The Balaban J connectivity index is 0.000000153. The van der Waals surface area contributed by atoms with Crippen molar-refractivity contribution in [1.29, 1.82) is 0 Å². The van der Waals surface area contributed by atoms with Crippen LogP contribution in [0.2, 0.25) is 0 Å². The normalized spacial score (nSPS) is 16.8. The van der Waals surface area contributed by atoms with Gasteiger partial charge in [-0.3, -0.25) is 4.79 Å². The molecule has 1 fully saturated rings. The van der Waals surface area contributed by atoms with Crippen LogP contribution in [0.3, 0.4) is 0 Å². The molecule has 0 saturated carbocycles. The first-order valence-electron chi connectivity index (χ1n) is 8.68. The van der Waals surface area contributed by atoms with Crippen LogP contribution in [-0.2, 0) is 9.47 Å². The van der Waals surface area contributed by atoms with Crippen molar-refractivity contribution in [2.45, 2.75) is 6.10 Å². The fourth-order valence-corrected chi connectivity index (χ4v) is 2.74. The number of rotatable bonds is 3. The van der Waals surface area contributed by atoms with E-state index in [-0.39, 0.29) is 11.5 Å². The monoisotopic (exact) mass is 368 g/mol. The van der Waals surface area contributed by atoms with Crippen molar-refractivity contribution in [3.63, 3.8) is 0 Å². The summed E-state index contributed by atoms with van der Waals surface area (Å²) in [6, 6.07) is 6.91. The van der Waals surface area contributed by atoms with Gasteiger partial charge in [0.1, 0.15) is 29.8 Å². The molecule has 1 atom stereocenters. The zero-order chi connectivity index (χ0) is 18.5. The van der Waals surface area contributed by atoms with Crippen LogP contribution >= 0.6 is 0 Å². The van der Waals surface area contributed by atoms with Gasteiger partial charge in [-0.25, -0.2) is 4.98 Å². The molecule has 1 aliphatic heterocycles.